The van der Waals surface area contributed by atoms with Crippen molar-refractivity contribution in [3.05, 3.63) is 64.1 Å². The summed E-state index contributed by atoms with van der Waals surface area (Å²) >= 11 is 8.91. The number of ether oxygens (including phenoxy) is 2. The zero-order valence-corrected chi connectivity index (χ0v) is 23.2. The molecule has 1 atom stereocenters. The lowest BCUT2D eigenvalue weighted by atomic mass is 10.1. The lowest BCUT2D eigenvalue weighted by Gasteiger charge is -2.36. The van der Waals surface area contributed by atoms with E-state index in [1.54, 1.807) is 23.1 Å². The van der Waals surface area contributed by atoms with Crippen LogP contribution in [-0.2, 0) is 20.7 Å². The maximum atomic E-state index is 12.9. The molecule has 10 heteroatoms. The summed E-state index contributed by atoms with van der Waals surface area (Å²) in [5.41, 5.74) is 1.55. The second kappa shape index (κ2) is 14.7. The number of halogens is 1. The van der Waals surface area contributed by atoms with E-state index in [4.69, 9.17) is 21.7 Å². The Morgan fingerprint density at radius 3 is 2.68 bits per heavy atom. The SMILES string of the molecule is CCCCCOC(=O)CC1C(=O)NCCN1C(=S)NC(=O)c1ccc(OCCc2ccccc2)c(Br)c1. The Balaban J connectivity index is 1.55. The van der Waals surface area contributed by atoms with Crippen molar-refractivity contribution >= 4 is 51.0 Å². The molecule has 1 saturated heterocycles. The number of nitrogens with one attached hydrogen (secondary N) is 2. The van der Waals surface area contributed by atoms with Crippen LogP contribution in [0.5, 0.6) is 5.75 Å². The zero-order chi connectivity index (χ0) is 26.6. The Hall–Kier alpha value is -2.98. The number of unbranched alkanes of at least 4 members (excludes halogenated alkanes) is 2. The van der Waals surface area contributed by atoms with Gasteiger partial charge in [0.15, 0.2) is 5.11 Å². The van der Waals surface area contributed by atoms with Crippen molar-refractivity contribution in [3.63, 3.8) is 0 Å². The predicted molar refractivity (Wildman–Crippen MR) is 148 cm³/mol. The highest BCUT2D eigenvalue weighted by Gasteiger charge is 2.34. The molecule has 1 unspecified atom stereocenters. The van der Waals surface area contributed by atoms with Crippen LogP contribution in [0.15, 0.2) is 53.0 Å². The molecule has 1 heterocycles. The summed E-state index contributed by atoms with van der Waals surface area (Å²) in [4.78, 5) is 39.2. The molecule has 1 aliphatic rings. The predicted octanol–water partition coefficient (Wildman–Crippen LogP) is 4.01. The Morgan fingerprint density at radius 1 is 1.16 bits per heavy atom. The molecule has 0 radical (unpaired) electrons. The average molecular weight is 591 g/mol. The molecule has 0 saturated carbocycles. The number of rotatable bonds is 11. The van der Waals surface area contributed by atoms with Gasteiger partial charge < -0.3 is 19.7 Å². The van der Waals surface area contributed by atoms with Gasteiger partial charge in [-0.05, 0) is 58.3 Å². The largest absolute Gasteiger partial charge is 0.492 e. The highest BCUT2D eigenvalue weighted by Crippen LogP contribution is 2.26. The molecule has 1 aliphatic heterocycles. The third-order valence-electron chi connectivity index (χ3n) is 5.87. The number of hydrogen-bond acceptors (Lipinski definition) is 6. The van der Waals surface area contributed by atoms with Crippen LogP contribution < -0.4 is 15.4 Å². The van der Waals surface area contributed by atoms with E-state index in [0.29, 0.717) is 42.1 Å². The minimum Gasteiger partial charge on any atom is -0.492 e. The molecule has 0 aromatic heterocycles. The molecule has 2 aromatic rings. The Bertz CT molecular complexity index is 1100. The van der Waals surface area contributed by atoms with E-state index in [0.717, 1.165) is 25.7 Å². The summed E-state index contributed by atoms with van der Waals surface area (Å²) in [6.07, 6.45) is 3.39. The quantitative estimate of drug-likeness (QED) is 0.232. The van der Waals surface area contributed by atoms with Gasteiger partial charge in [0.05, 0.1) is 24.1 Å². The molecule has 1 fully saturated rings. The second-order valence-corrected chi connectivity index (χ2v) is 9.86. The molecule has 2 amide bonds. The maximum absolute atomic E-state index is 12.9. The minimum absolute atomic E-state index is 0.0861. The molecule has 37 heavy (non-hydrogen) atoms. The van der Waals surface area contributed by atoms with Gasteiger partial charge in [0, 0.05) is 25.1 Å². The molecular formula is C27H32BrN3O5S. The first-order valence-corrected chi connectivity index (χ1v) is 13.6. The normalized spacial score (nSPS) is 15.0. The van der Waals surface area contributed by atoms with E-state index < -0.39 is 17.9 Å². The van der Waals surface area contributed by atoms with Gasteiger partial charge >= 0.3 is 5.97 Å². The lowest BCUT2D eigenvalue weighted by molar-refractivity contribution is -0.147. The number of benzene rings is 2. The third kappa shape index (κ3) is 8.82. The van der Waals surface area contributed by atoms with Crippen molar-refractivity contribution < 1.29 is 23.9 Å². The molecule has 2 N–H and O–H groups in total. The van der Waals surface area contributed by atoms with Crippen LogP contribution in [0.4, 0.5) is 0 Å². The molecular weight excluding hydrogens is 558 g/mol. The molecule has 0 bridgehead atoms. The van der Waals surface area contributed by atoms with Crippen LogP contribution in [0.25, 0.3) is 0 Å². The zero-order valence-electron chi connectivity index (χ0n) is 20.8. The average Bonchev–Trinajstić information content (AvgIpc) is 2.89. The highest BCUT2D eigenvalue weighted by atomic mass is 79.9. The number of hydrogen-bond donors (Lipinski definition) is 2. The summed E-state index contributed by atoms with van der Waals surface area (Å²) in [6.45, 7) is 3.62. The summed E-state index contributed by atoms with van der Waals surface area (Å²) in [7, 11) is 0. The standard InChI is InChI=1S/C27H32BrN3O5S/c1-2-3-7-15-36-24(32)18-22-26(34)29-13-14-31(22)27(37)30-25(33)20-10-11-23(21(28)17-20)35-16-12-19-8-5-4-6-9-19/h4-6,8-11,17,22H,2-3,7,12-16,18H2,1H3,(H,29,34)(H,30,33,37). The lowest BCUT2D eigenvalue weighted by Crippen LogP contribution is -2.60. The van der Waals surface area contributed by atoms with E-state index in [-0.39, 0.29) is 17.4 Å². The van der Waals surface area contributed by atoms with Gasteiger partial charge in [-0.3, -0.25) is 19.7 Å². The molecule has 8 nitrogen and oxygen atoms in total. The smallest absolute Gasteiger partial charge is 0.308 e. The van der Waals surface area contributed by atoms with E-state index >= 15 is 0 Å². The van der Waals surface area contributed by atoms with E-state index in [2.05, 4.69) is 33.5 Å². The van der Waals surface area contributed by atoms with Gasteiger partial charge in [0.2, 0.25) is 5.91 Å². The van der Waals surface area contributed by atoms with Crippen molar-refractivity contribution in [2.24, 2.45) is 0 Å². The van der Waals surface area contributed by atoms with E-state index in [1.165, 1.54) is 5.56 Å². The fraction of sp³-hybridized carbons (Fsp3) is 0.407. The fourth-order valence-corrected chi connectivity index (χ4v) is 4.64. The number of amides is 2. The van der Waals surface area contributed by atoms with Crippen LogP contribution >= 0.6 is 28.1 Å². The number of carbonyl (C=O) groups is 3. The number of nitrogens with zero attached hydrogens (tertiary/aromatic N) is 1. The maximum Gasteiger partial charge on any atom is 0.308 e. The van der Waals surface area contributed by atoms with Crippen molar-refractivity contribution in [1.82, 2.24) is 15.5 Å². The highest BCUT2D eigenvalue weighted by molar-refractivity contribution is 9.10. The van der Waals surface area contributed by atoms with Crippen molar-refractivity contribution in [3.8, 4) is 5.75 Å². The Morgan fingerprint density at radius 2 is 1.95 bits per heavy atom. The van der Waals surface area contributed by atoms with Crippen molar-refractivity contribution in [2.75, 3.05) is 26.3 Å². The molecule has 0 aliphatic carbocycles. The van der Waals surface area contributed by atoms with Crippen LogP contribution in [0.2, 0.25) is 0 Å². The number of thiocarbonyl (C=S) groups is 1. The summed E-state index contributed by atoms with van der Waals surface area (Å²) in [5.74, 6) is -0.592. The molecule has 198 valence electrons. The van der Waals surface area contributed by atoms with Crippen LogP contribution in [0.1, 0.15) is 48.5 Å². The van der Waals surface area contributed by atoms with Crippen molar-refractivity contribution in [2.45, 2.75) is 45.1 Å². The van der Waals surface area contributed by atoms with E-state index in [9.17, 15) is 14.4 Å². The number of piperazine rings is 1. The van der Waals surface area contributed by atoms with Gasteiger partial charge in [0.25, 0.3) is 5.91 Å². The second-order valence-electron chi connectivity index (χ2n) is 8.62. The van der Waals surface area contributed by atoms with Crippen LogP contribution in [-0.4, -0.2) is 60.1 Å². The van der Waals surface area contributed by atoms with Gasteiger partial charge in [-0.25, -0.2) is 0 Å². The van der Waals surface area contributed by atoms with Crippen molar-refractivity contribution in [1.29, 1.82) is 0 Å². The van der Waals surface area contributed by atoms with E-state index in [1.807, 2.05) is 30.3 Å². The van der Waals surface area contributed by atoms with Gasteiger partial charge in [-0.2, -0.15) is 0 Å². The fourth-order valence-electron chi connectivity index (χ4n) is 3.84. The minimum atomic E-state index is -0.840. The summed E-state index contributed by atoms with van der Waals surface area (Å²) in [5, 5.41) is 5.52. The molecule has 3 rings (SSSR count). The van der Waals surface area contributed by atoms with Crippen LogP contribution in [0.3, 0.4) is 0 Å². The number of carbonyl (C=O) groups excluding carboxylic acids is 3. The number of esters is 1. The third-order valence-corrected chi connectivity index (χ3v) is 6.82. The van der Waals surface area contributed by atoms with Crippen LogP contribution in [0, 0.1) is 0 Å². The first kappa shape index (κ1) is 28.6. The molecule has 0 spiro atoms. The monoisotopic (exact) mass is 589 g/mol. The first-order valence-electron chi connectivity index (χ1n) is 12.4. The summed E-state index contributed by atoms with van der Waals surface area (Å²) in [6, 6.07) is 14.2. The van der Waals surface area contributed by atoms with Gasteiger partial charge in [-0.15, -0.1) is 0 Å². The Labute approximate surface area is 231 Å². The van der Waals surface area contributed by atoms with Gasteiger partial charge in [0.1, 0.15) is 11.8 Å². The van der Waals surface area contributed by atoms with Gasteiger partial charge in [-0.1, -0.05) is 50.1 Å². The Kier molecular flexibility index (Phi) is 11.3. The summed E-state index contributed by atoms with van der Waals surface area (Å²) < 4.78 is 11.8. The topological polar surface area (TPSA) is 97.0 Å². The first-order chi connectivity index (χ1) is 17.9. The molecule has 2 aromatic carbocycles.